The third-order valence-corrected chi connectivity index (χ3v) is 12.1. The van der Waals surface area contributed by atoms with Crippen molar-refractivity contribution in [1.29, 1.82) is 0 Å². The monoisotopic (exact) mass is 566 g/mol. The molecular formula is C41H46N2. The summed E-state index contributed by atoms with van der Waals surface area (Å²) in [5.74, 6) is 5.07. The van der Waals surface area contributed by atoms with Crippen LogP contribution in [-0.2, 0) is 5.41 Å². The number of hydrogen-bond acceptors (Lipinski definition) is 2. The highest BCUT2D eigenvalue weighted by atomic mass is 14.8. The third-order valence-electron chi connectivity index (χ3n) is 12.1. The highest BCUT2D eigenvalue weighted by Crippen LogP contribution is 2.51. The van der Waals surface area contributed by atoms with Gasteiger partial charge in [-0.2, -0.15) is 0 Å². The van der Waals surface area contributed by atoms with E-state index in [4.69, 9.17) is 9.97 Å². The van der Waals surface area contributed by atoms with E-state index in [1.54, 1.807) is 0 Å². The van der Waals surface area contributed by atoms with Crippen molar-refractivity contribution in [1.82, 2.24) is 9.97 Å². The lowest BCUT2D eigenvalue weighted by atomic mass is 9.63. The van der Waals surface area contributed by atoms with Gasteiger partial charge in [0.1, 0.15) is 0 Å². The predicted octanol–water partition coefficient (Wildman–Crippen LogP) is 10.7. The summed E-state index contributed by atoms with van der Waals surface area (Å²) >= 11 is 0. The Morgan fingerprint density at radius 1 is 0.512 bits per heavy atom. The lowest BCUT2D eigenvalue weighted by Gasteiger charge is -2.42. The predicted molar refractivity (Wildman–Crippen MR) is 177 cm³/mol. The zero-order valence-electron chi connectivity index (χ0n) is 26.0. The minimum absolute atomic E-state index is 0.313. The van der Waals surface area contributed by atoms with E-state index < -0.39 is 0 Å². The van der Waals surface area contributed by atoms with Crippen LogP contribution in [-0.4, -0.2) is 9.97 Å². The molecule has 6 fully saturated rings. The van der Waals surface area contributed by atoms with Crippen molar-refractivity contribution in [2.45, 2.75) is 95.3 Å². The molecule has 0 spiro atoms. The molecule has 4 bridgehead atoms. The van der Waals surface area contributed by atoms with Gasteiger partial charge in [0.15, 0.2) is 0 Å². The van der Waals surface area contributed by atoms with E-state index in [-0.39, 0.29) is 5.41 Å². The Bertz CT molecular complexity index is 1480. The van der Waals surface area contributed by atoms with Crippen LogP contribution in [0.15, 0.2) is 84.9 Å². The average molecular weight is 567 g/mol. The van der Waals surface area contributed by atoms with Crippen molar-refractivity contribution < 1.29 is 0 Å². The molecule has 0 amide bonds. The largest absolute Gasteiger partial charge is 0.252 e. The molecule has 2 aromatic heterocycles. The highest BCUT2D eigenvalue weighted by Gasteiger charge is 2.37. The molecule has 0 saturated heterocycles. The van der Waals surface area contributed by atoms with E-state index >= 15 is 0 Å². The second kappa shape index (κ2) is 11.0. The first kappa shape index (κ1) is 27.3. The lowest BCUT2D eigenvalue weighted by molar-refractivity contribution is 0.145. The molecule has 2 nitrogen and oxygen atoms in total. The minimum atomic E-state index is -0.313. The van der Waals surface area contributed by atoms with Crippen molar-refractivity contribution in [3.05, 3.63) is 107 Å². The molecule has 4 aromatic rings. The maximum absolute atomic E-state index is 5.28. The summed E-state index contributed by atoms with van der Waals surface area (Å²) < 4.78 is 0. The van der Waals surface area contributed by atoms with Gasteiger partial charge < -0.3 is 0 Å². The summed E-state index contributed by atoms with van der Waals surface area (Å²) in [6, 6.07) is 31.7. The van der Waals surface area contributed by atoms with Crippen LogP contribution in [0.3, 0.4) is 0 Å². The standard InChI is InChI=1S/C41H46N2/c1-41(2,39-13-5-11-37(42-39)33-9-3-7-31(25-33)35-23-27-15-19-29(35)20-16-27)40-14-6-12-38(43-40)34-10-4-8-32(26-34)36-24-28-17-21-30(36)22-18-28/h3-14,25-30,35-36H,15-24H2,1-2H3. The first-order valence-electron chi connectivity index (χ1n) is 17.2. The van der Waals surface area contributed by atoms with Crippen molar-refractivity contribution in [2.24, 2.45) is 23.7 Å². The first-order valence-corrected chi connectivity index (χ1v) is 17.2. The fraction of sp³-hybridized carbons (Fsp3) is 0.463. The molecule has 6 saturated carbocycles. The van der Waals surface area contributed by atoms with Gasteiger partial charge in [-0.05, 0) is 135 Å². The number of aromatic nitrogens is 2. The van der Waals surface area contributed by atoms with E-state index in [1.807, 2.05) is 0 Å². The summed E-state index contributed by atoms with van der Waals surface area (Å²) in [6.07, 6.45) is 14.2. The van der Waals surface area contributed by atoms with Crippen LogP contribution in [0.4, 0.5) is 0 Å². The van der Waals surface area contributed by atoms with E-state index in [9.17, 15) is 0 Å². The normalized spacial score (nSPS) is 28.2. The van der Waals surface area contributed by atoms with Gasteiger partial charge in [-0.1, -0.05) is 74.2 Å². The second-order valence-corrected chi connectivity index (χ2v) is 14.9. The Morgan fingerprint density at radius 2 is 0.930 bits per heavy atom. The van der Waals surface area contributed by atoms with Gasteiger partial charge in [-0.3, -0.25) is 9.97 Å². The maximum Gasteiger partial charge on any atom is 0.0705 e. The third kappa shape index (κ3) is 5.15. The van der Waals surface area contributed by atoms with E-state index in [0.717, 1.165) is 58.3 Å². The Kier molecular flexibility index (Phi) is 7.00. The zero-order chi connectivity index (χ0) is 29.0. The molecule has 2 atom stereocenters. The SMILES string of the molecule is CC(C)(c1cccc(-c2cccc(C3CC4CCC3CC4)c2)n1)c1cccc(-c2cccc(C3CC4CCC3CC4)c2)n1. The van der Waals surface area contributed by atoms with Gasteiger partial charge >= 0.3 is 0 Å². The van der Waals surface area contributed by atoms with Crippen molar-refractivity contribution >= 4 is 0 Å². The van der Waals surface area contributed by atoms with Crippen LogP contribution in [0, 0.1) is 23.7 Å². The Morgan fingerprint density at radius 3 is 1.33 bits per heavy atom. The van der Waals surface area contributed by atoms with Gasteiger partial charge in [-0.15, -0.1) is 0 Å². The van der Waals surface area contributed by atoms with Crippen LogP contribution >= 0.6 is 0 Å². The van der Waals surface area contributed by atoms with E-state index in [1.165, 1.54) is 86.5 Å². The molecule has 0 N–H and O–H groups in total. The van der Waals surface area contributed by atoms with Crippen molar-refractivity contribution in [2.75, 3.05) is 0 Å². The minimum Gasteiger partial charge on any atom is -0.252 e. The lowest BCUT2D eigenvalue weighted by Crippen LogP contribution is -2.29. The van der Waals surface area contributed by atoms with Crippen LogP contribution in [0.2, 0.25) is 0 Å². The first-order chi connectivity index (χ1) is 21.0. The van der Waals surface area contributed by atoms with Crippen LogP contribution in [0.1, 0.15) is 112 Å². The second-order valence-electron chi connectivity index (χ2n) is 14.9. The molecule has 43 heavy (non-hydrogen) atoms. The molecule has 2 heterocycles. The van der Waals surface area contributed by atoms with Gasteiger partial charge in [0.2, 0.25) is 0 Å². The number of pyridine rings is 2. The average Bonchev–Trinajstić information content (AvgIpc) is 3.09. The van der Waals surface area contributed by atoms with Gasteiger partial charge in [0, 0.05) is 16.5 Å². The van der Waals surface area contributed by atoms with E-state index in [0.29, 0.717) is 0 Å². The molecular weight excluding hydrogens is 520 g/mol. The molecule has 0 radical (unpaired) electrons. The number of fused-ring (bicyclic) bond motifs is 6. The molecule has 6 aliphatic rings. The number of benzene rings is 2. The zero-order valence-corrected chi connectivity index (χ0v) is 26.0. The fourth-order valence-corrected chi connectivity index (χ4v) is 9.45. The molecule has 6 aliphatic carbocycles. The molecule has 220 valence electrons. The van der Waals surface area contributed by atoms with Crippen LogP contribution in [0.5, 0.6) is 0 Å². The molecule has 2 heteroatoms. The Balaban J connectivity index is 1.07. The van der Waals surface area contributed by atoms with Crippen molar-refractivity contribution in [3.63, 3.8) is 0 Å². The molecule has 2 aromatic carbocycles. The van der Waals surface area contributed by atoms with Gasteiger partial charge in [-0.25, -0.2) is 0 Å². The summed E-state index contributed by atoms with van der Waals surface area (Å²) in [7, 11) is 0. The van der Waals surface area contributed by atoms with Crippen molar-refractivity contribution in [3.8, 4) is 22.5 Å². The van der Waals surface area contributed by atoms with Gasteiger partial charge in [0.05, 0.1) is 22.8 Å². The summed E-state index contributed by atoms with van der Waals surface area (Å²) in [5.41, 5.74) is 9.50. The molecule has 0 aliphatic heterocycles. The van der Waals surface area contributed by atoms with Crippen LogP contribution < -0.4 is 0 Å². The summed E-state index contributed by atoms with van der Waals surface area (Å²) in [4.78, 5) is 10.6. The molecule has 2 unspecified atom stereocenters. The van der Waals surface area contributed by atoms with Gasteiger partial charge in [0.25, 0.3) is 0 Å². The number of nitrogens with zero attached hydrogens (tertiary/aromatic N) is 2. The molecule has 10 rings (SSSR count). The summed E-state index contributed by atoms with van der Waals surface area (Å²) in [5, 5.41) is 0. The quantitative estimate of drug-likeness (QED) is 0.232. The Hall–Kier alpha value is -3.26. The Labute approximate surface area is 258 Å². The van der Waals surface area contributed by atoms with Crippen LogP contribution in [0.25, 0.3) is 22.5 Å². The number of hydrogen-bond donors (Lipinski definition) is 0. The smallest absolute Gasteiger partial charge is 0.0705 e. The fourth-order valence-electron chi connectivity index (χ4n) is 9.45. The van der Waals surface area contributed by atoms with E-state index in [2.05, 4.69) is 98.8 Å². The topological polar surface area (TPSA) is 25.8 Å². The number of rotatable bonds is 6. The maximum atomic E-state index is 5.28. The summed E-state index contributed by atoms with van der Waals surface area (Å²) in [6.45, 7) is 4.55. The highest BCUT2D eigenvalue weighted by molar-refractivity contribution is 5.62.